The standard InChI is InChI=1S/C23H26ClN3O3/c1-16(17-6-8-19(24)9-7-17)26(20-10-11-20)23(28)18-12-14-25(15-13-18)21-4-2-3-5-22(21)27(29)30/h2-9,16,18,20H,10-15H2,1H3. The second kappa shape index (κ2) is 8.64. The molecule has 2 aliphatic rings. The summed E-state index contributed by atoms with van der Waals surface area (Å²) in [6, 6.07) is 14.9. The number of hydrogen-bond donors (Lipinski definition) is 0. The fraction of sp³-hybridized carbons (Fsp3) is 0.435. The highest BCUT2D eigenvalue weighted by Crippen LogP contribution is 2.38. The molecular formula is C23H26ClN3O3. The average Bonchev–Trinajstić information content (AvgIpc) is 3.59. The molecular weight excluding hydrogens is 402 g/mol. The Morgan fingerprint density at radius 3 is 2.33 bits per heavy atom. The maximum Gasteiger partial charge on any atom is 0.292 e. The van der Waals surface area contributed by atoms with Crippen molar-refractivity contribution >= 4 is 28.9 Å². The van der Waals surface area contributed by atoms with Gasteiger partial charge in [0.25, 0.3) is 5.69 Å². The van der Waals surface area contributed by atoms with Crippen molar-refractivity contribution < 1.29 is 9.72 Å². The number of halogens is 1. The van der Waals surface area contributed by atoms with E-state index in [0.717, 1.165) is 18.4 Å². The molecule has 7 heteroatoms. The Morgan fingerprint density at radius 2 is 1.73 bits per heavy atom. The summed E-state index contributed by atoms with van der Waals surface area (Å²) >= 11 is 6.02. The van der Waals surface area contributed by atoms with E-state index >= 15 is 0 Å². The Kier molecular flexibility index (Phi) is 5.95. The number of hydrogen-bond acceptors (Lipinski definition) is 4. The molecule has 0 spiro atoms. The molecule has 2 aromatic rings. The lowest BCUT2D eigenvalue weighted by Gasteiger charge is -2.37. The molecule has 2 aromatic carbocycles. The number of carbonyl (C=O) groups excluding carboxylic acids is 1. The van der Waals surface area contributed by atoms with Crippen LogP contribution in [0.1, 0.15) is 44.2 Å². The zero-order chi connectivity index (χ0) is 21.3. The molecule has 0 N–H and O–H groups in total. The van der Waals surface area contributed by atoms with Gasteiger partial charge in [0.15, 0.2) is 0 Å². The van der Waals surface area contributed by atoms with E-state index in [0.29, 0.717) is 42.7 Å². The third-order valence-electron chi connectivity index (χ3n) is 6.23. The normalized spacial score (nSPS) is 18.1. The van der Waals surface area contributed by atoms with Crippen LogP contribution >= 0.6 is 11.6 Å². The summed E-state index contributed by atoms with van der Waals surface area (Å²) in [6.45, 7) is 3.38. The third kappa shape index (κ3) is 4.29. The first-order valence-electron chi connectivity index (χ1n) is 10.5. The van der Waals surface area contributed by atoms with E-state index in [1.54, 1.807) is 12.1 Å². The molecule has 1 saturated heterocycles. The van der Waals surface area contributed by atoms with Crippen LogP contribution in [0.4, 0.5) is 11.4 Å². The van der Waals surface area contributed by atoms with Crippen molar-refractivity contribution in [3.05, 3.63) is 69.2 Å². The molecule has 30 heavy (non-hydrogen) atoms. The van der Waals surface area contributed by atoms with Crippen LogP contribution in [0.15, 0.2) is 48.5 Å². The van der Waals surface area contributed by atoms with Crippen molar-refractivity contribution in [3.63, 3.8) is 0 Å². The first kappa shape index (κ1) is 20.7. The van der Waals surface area contributed by atoms with Crippen LogP contribution in [0.3, 0.4) is 0 Å². The van der Waals surface area contributed by atoms with E-state index in [4.69, 9.17) is 11.6 Å². The summed E-state index contributed by atoms with van der Waals surface area (Å²) in [5.74, 6) is 0.168. The molecule has 1 amide bonds. The van der Waals surface area contributed by atoms with Crippen LogP contribution < -0.4 is 4.90 Å². The number of nitro benzene ring substituents is 1. The van der Waals surface area contributed by atoms with Gasteiger partial charge in [-0.2, -0.15) is 0 Å². The monoisotopic (exact) mass is 427 g/mol. The summed E-state index contributed by atoms with van der Waals surface area (Å²) < 4.78 is 0. The number of rotatable bonds is 6. The minimum Gasteiger partial charge on any atom is -0.366 e. The van der Waals surface area contributed by atoms with Crippen molar-refractivity contribution in [3.8, 4) is 0 Å². The third-order valence-corrected chi connectivity index (χ3v) is 6.48. The number of nitrogens with zero attached hydrogens (tertiary/aromatic N) is 3. The molecule has 2 fully saturated rings. The second-order valence-corrected chi connectivity index (χ2v) is 8.65. The Balaban J connectivity index is 1.45. The van der Waals surface area contributed by atoms with Crippen LogP contribution in [0.2, 0.25) is 5.02 Å². The molecule has 0 aromatic heterocycles. The molecule has 0 bridgehead atoms. The van der Waals surface area contributed by atoms with E-state index in [9.17, 15) is 14.9 Å². The number of benzene rings is 2. The SMILES string of the molecule is CC(c1ccc(Cl)cc1)N(C(=O)C1CCN(c2ccccc2[N+](=O)[O-])CC1)C1CC1. The van der Waals surface area contributed by atoms with Gasteiger partial charge in [-0.05, 0) is 56.4 Å². The van der Waals surface area contributed by atoms with Crippen LogP contribution in [0.25, 0.3) is 0 Å². The predicted molar refractivity (Wildman–Crippen MR) is 118 cm³/mol. The summed E-state index contributed by atoms with van der Waals surface area (Å²) in [6.07, 6.45) is 3.53. The largest absolute Gasteiger partial charge is 0.366 e. The number of anilines is 1. The van der Waals surface area contributed by atoms with E-state index in [2.05, 4.69) is 11.8 Å². The number of amides is 1. The average molecular weight is 428 g/mol. The molecule has 158 valence electrons. The fourth-order valence-electron chi connectivity index (χ4n) is 4.41. The van der Waals surface area contributed by atoms with Crippen molar-refractivity contribution in [1.29, 1.82) is 0 Å². The van der Waals surface area contributed by atoms with Gasteiger partial charge in [0.1, 0.15) is 5.69 Å². The van der Waals surface area contributed by atoms with E-state index in [1.807, 2.05) is 35.2 Å². The van der Waals surface area contributed by atoms with Gasteiger partial charge in [-0.25, -0.2) is 0 Å². The second-order valence-electron chi connectivity index (χ2n) is 8.21. The molecule has 1 saturated carbocycles. The van der Waals surface area contributed by atoms with E-state index in [1.165, 1.54) is 6.07 Å². The van der Waals surface area contributed by atoms with Crippen LogP contribution in [-0.4, -0.2) is 34.9 Å². The minimum atomic E-state index is -0.338. The molecule has 4 rings (SSSR count). The topological polar surface area (TPSA) is 66.7 Å². The quantitative estimate of drug-likeness (QED) is 0.468. The van der Waals surface area contributed by atoms with Crippen molar-refractivity contribution in [2.75, 3.05) is 18.0 Å². The van der Waals surface area contributed by atoms with Crippen LogP contribution in [-0.2, 0) is 4.79 Å². The van der Waals surface area contributed by atoms with Crippen molar-refractivity contribution in [1.82, 2.24) is 4.90 Å². The van der Waals surface area contributed by atoms with Crippen molar-refractivity contribution in [2.24, 2.45) is 5.92 Å². The van der Waals surface area contributed by atoms with Gasteiger partial charge in [-0.15, -0.1) is 0 Å². The van der Waals surface area contributed by atoms with Gasteiger partial charge in [-0.3, -0.25) is 14.9 Å². The number of nitro groups is 1. The first-order valence-corrected chi connectivity index (χ1v) is 10.9. The van der Waals surface area contributed by atoms with E-state index in [-0.39, 0.29) is 28.5 Å². The summed E-state index contributed by atoms with van der Waals surface area (Å²) in [4.78, 5) is 28.6. The number of piperidine rings is 1. The molecule has 1 atom stereocenters. The lowest BCUT2D eigenvalue weighted by atomic mass is 9.93. The predicted octanol–water partition coefficient (Wildman–Crippen LogP) is 5.22. The van der Waals surface area contributed by atoms with Gasteiger partial charge in [0.05, 0.1) is 11.0 Å². The maximum absolute atomic E-state index is 13.5. The number of para-hydroxylation sites is 2. The Hall–Kier alpha value is -2.60. The smallest absolute Gasteiger partial charge is 0.292 e. The van der Waals surface area contributed by atoms with Crippen molar-refractivity contribution in [2.45, 2.75) is 44.7 Å². The highest BCUT2D eigenvalue weighted by atomic mass is 35.5. The molecule has 1 unspecified atom stereocenters. The zero-order valence-electron chi connectivity index (χ0n) is 17.0. The highest BCUT2D eigenvalue weighted by molar-refractivity contribution is 6.30. The fourth-order valence-corrected chi connectivity index (χ4v) is 4.53. The van der Waals surface area contributed by atoms with Crippen LogP contribution in [0.5, 0.6) is 0 Å². The Bertz CT molecular complexity index is 922. The highest BCUT2D eigenvalue weighted by Gasteiger charge is 2.40. The van der Waals surface area contributed by atoms with Gasteiger partial charge >= 0.3 is 0 Å². The summed E-state index contributed by atoms with van der Waals surface area (Å²) in [5.41, 5.74) is 1.86. The molecule has 1 aliphatic heterocycles. The molecule has 0 radical (unpaired) electrons. The van der Waals surface area contributed by atoms with Gasteiger partial charge < -0.3 is 9.80 Å². The van der Waals surface area contributed by atoms with Crippen LogP contribution in [0, 0.1) is 16.0 Å². The number of carbonyl (C=O) groups is 1. The Labute approximate surface area is 181 Å². The van der Waals surface area contributed by atoms with E-state index < -0.39 is 0 Å². The first-order chi connectivity index (χ1) is 14.5. The lowest BCUT2D eigenvalue weighted by molar-refractivity contribution is -0.384. The van der Waals surface area contributed by atoms with Gasteiger partial charge in [-0.1, -0.05) is 35.9 Å². The molecule has 6 nitrogen and oxygen atoms in total. The lowest BCUT2D eigenvalue weighted by Crippen LogP contribution is -2.44. The minimum absolute atomic E-state index is 0.00973. The summed E-state index contributed by atoms with van der Waals surface area (Å²) in [7, 11) is 0. The maximum atomic E-state index is 13.5. The zero-order valence-corrected chi connectivity index (χ0v) is 17.8. The molecule has 1 aliphatic carbocycles. The van der Waals surface area contributed by atoms with Gasteiger partial charge in [0, 0.05) is 36.1 Å². The molecule has 1 heterocycles. The Morgan fingerprint density at radius 1 is 1.10 bits per heavy atom. The van der Waals surface area contributed by atoms with Gasteiger partial charge in [0.2, 0.25) is 5.91 Å². The summed E-state index contributed by atoms with van der Waals surface area (Å²) in [5, 5.41) is 12.0.